The normalized spacial score (nSPS) is 11.5. The van der Waals surface area contributed by atoms with Crippen molar-refractivity contribution in [3.63, 3.8) is 0 Å². The lowest BCUT2D eigenvalue weighted by atomic mass is 10.1. The first-order valence-electron chi connectivity index (χ1n) is 6.25. The van der Waals surface area contributed by atoms with Crippen LogP contribution in [0, 0.1) is 0 Å². The minimum absolute atomic E-state index is 0.0929. The topological polar surface area (TPSA) is 99.3 Å². The number of hydrogen-bond acceptors (Lipinski definition) is 5. The van der Waals surface area contributed by atoms with E-state index >= 15 is 0 Å². The fourth-order valence-electron chi connectivity index (χ4n) is 1.80. The summed E-state index contributed by atoms with van der Waals surface area (Å²) in [6.45, 7) is 0. The molecule has 0 unspecified atom stereocenters. The van der Waals surface area contributed by atoms with Crippen molar-refractivity contribution in [2.45, 2.75) is 4.90 Å². The molecule has 0 saturated carbocycles. The Hall–Kier alpha value is -2.51. The average Bonchev–Trinajstić information content (AvgIpc) is 2.52. The van der Waals surface area contributed by atoms with Gasteiger partial charge in [-0.15, -0.1) is 0 Å². The molecule has 0 aliphatic rings. The highest BCUT2D eigenvalue weighted by molar-refractivity contribution is 7.89. The number of aromatic nitrogens is 1. The zero-order chi connectivity index (χ0) is 16.2. The molecule has 0 atom stereocenters. The fraction of sp³-hybridized carbons (Fsp3) is 0.0667. The van der Waals surface area contributed by atoms with Crippen LogP contribution in [0.15, 0.2) is 53.7 Å². The van der Waals surface area contributed by atoms with E-state index in [1.807, 2.05) is 0 Å². The van der Waals surface area contributed by atoms with Crippen LogP contribution in [-0.4, -0.2) is 26.3 Å². The number of benzene rings is 1. The van der Waals surface area contributed by atoms with Crippen LogP contribution in [0.5, 0.6) is 5.75 Å². The lowest BCUT2D eigenvalue weighted by Crippen LogP contribution is -2.14. The minimum Gasteiger partial charge on any atom is -0.495 e. The Kier molecular flexibility index (Phi) is 4.69. The molecule has 0 spiro atoms. The Balaban J connectivity index is 2.33. The van der Waals surface area contributed by atoms with E-state index in [4.69, 9.17) is 9.88 Å². The smallest absolute Gasteiger partial charge is 0.241 e. The fourth-order valence-corrected chi connectivity index (χ4v) is 2.52. The van der Waals surface area contributed by atoms with Crippen LogP contribution < -0.4 is 9.88 Å². The largest absolute Gasteiger partial charge is 0.495 e. The van der Waals surface area contributed by atoms with Crippen molar-refractivity contribution in [1.29, 1.82) is 0 Å². The Morgan fingerprint density at radius 1 is 1.32 bits per heavy atom. The van der Waals surface area contributed by atoms with E-state index in [1.54, 1.807) is 30.6 Å². The highest BCUT2D eigenvalue weighted by Crippen LogP contribution is 2.24. The third kappa shape index (κ3) is 3.78. The number of nitrogens with zero attached hydrogens (tertiary/aromatic N) is 1. The van der Waals surface area contributed by atoms with E-state index in [1.165, 1.54) is 31.4 Å². The van der Waals surface area contributed by atoms with E-state index < -0.39 is 10.0 Å². The van der Waals surface area contributed by atoms with Crippen LogP contribution in [0.1, 0.15) is 15.9 Å². The van der Waals surface area contributed by atoms with Gasteiger partial charge >= 0.3 is 0 Å². The minimum atomic E-state index is -3.98. The number of ketones is 1. The first-order valence-corrected chi connectivity index (χ1v) is 7.80. The van der Waals surface area contributed by atoms with Crippen molar-refractivity contribution < 1.29 is 17.9 Å². The van der Waals surface area contributed by atoms with Crippen LogP contribution in [0.4, 0.5) is 0 Å². The molecule has 7 heteroatoms. The first-order chi connectivity index (χ1) is 10.4. The molecule has 2 N–H and O–H groups in total. The molecular formula is C15H14N2O4S. The molecule has 114 valence electrons. The molecule has 0 aliphatic heterocycles. The zero-order valence-corrected chi connectivity index (χ0v) is 12.6. The number of carbonyl (C=O) groups is 1. The summed E-state index contributed by atoms with van der Waals surface area (Å²) in [5.41, 5.74) is 0.959. The number of rotatable bonds is 5. The number of methoxy groups -OCH3 is 1. The van der Waals surface area contributed by atoms with Gasteiger partial charge in [0.15, 0.2) is 5.78 Å². The van der Waals surface area contributed by atoms with Crippen molar-refractivity contribution in [3.8, 4) is 5.75 Å². The van der Waals surface area contributed by atoms with Crippen molar-refractivity contribution >= 4 is 21.9 Å². The summed E-state index contributed by atoms with van der Waals surface area (Å²) in [5, 5.41) is 5.12. The van der Waals surface area contributed by atoms with E-state index in [0.29, 0.717) is 0 Å². The number of ether oxygens (including phenoxy) is 1. The lowest BCUT2D eigenvalue weighted by Gasteiger charge is -2.07. The third-order valence-electron chi connectivity index (χ3n) is 2.87. The van der Waals surface area contributed by atoms with E-state index in [2.05, 4.69) is 4.98 Å². The second-order valence-corrected chi connectivity index (χ2v) is 5.92. The predicted molar refractivity (Wildman–Crippen MR) is 82.0 cm³/mol. The molecule has 1 aromatic carbocycles. The predicted octanol–water partition coefficient (Wildman–Crippen LogP) is 1.63. The van der Waals surface area contributed by atoms with E-state index in [0.717, 1.165) is 5.56 Å². The van der Waals surface area contributed by atoms with E-state index in [9.17, 15) is 13.2 Å². The molecule has 0 aliphatic carbocycles. The summed E-state index contributed by atoms with van der Waals surface area (Å²) < 4.78 is 28.0. The van der Waals surface area contributed by atoms with Crippen molar-refractivity contribution in [2.24, 2.45) is 5.14 Å². The second kappa shape index (κ2) is 6.50. The Bertz CT molecular complexity index is 815. The summed E-state index contributed by atoms with van der Waals surface area (Å²) >= 11 is 0. The van der Waals surface area contributed by atoms with E-state index in [-0.39, 0.29) is 22.0 Å². The maximum absolute atomic E-state index is 12.1. The van der Waals surface area contributed by atoms with Crippen molar-refractivity contribution in [3.05, 3.63) is 59.9 Å². The van der Waals surface area contributed by atoms with Gasteiger partial charge in [0, 0.05) is 18.0 Å². The maximum Gasteiger partial charge on any atom is 0.241 e. The van der Waals surface area contributed by atoms with Crippen LogP contribution in [0.25, 0.3) is 6.08 Å². The molecule has 0 saturated heterocycles. The summed E-state index contributed by atoms with van der Waals surface area (Å²) in [6, 6.07) is 7.61. The molecule has 0 amide bonds. The number of primary sulfonamides is 1. The highest BCUT2D eigenvalue weighted by Gasteiger charge is 2.17. The Morgan fingerprint density at radius 3 is 2.68 bits per heavy atom. The van der Waals surface area contributed by atoms with Gasteiger partial charge in [0.2, 0.25) is 10.0 Å². The van der Waals surface area contributed by atoms with Gasteiger partial charge in [0.25, 0.3) is 0 Å². The number of sulfonamides is 1. The summed E-state index contributed by atoms with van der Waals surface area (Å²) in [6.07, 6.45) is 6.16. The number of hydrogen-bond donors (Lipinski definition) is 1. The van der Waals surface area contributed by atoms with Crippen LogP contribution in [-0.2, 0) is 10.0 Å². The van der Waals surface area contributed by atoms with Crippen LogP contribution >= 0.6 is 0 Å². The average molecular weight is 318 g/mol. The monoisotopic (exact) mass is 318 g/mol. The van der Waals surface area contributed by atoms with Crippen LogP contribution in [0.3, 0.4) is 0 Å². The van der Waals surface area contributed by atoms with Gasteiger partial charge in [0.05, 0.1) is 7.11 Å². The summed E-state index contributed by atoms with van der Waals surface area (Å²) in [4.78, 5) is 15.8. The highest BCUT2D eigenvalue weighted by atomic mass is 32.2. The van der Waals surface area contributed by atoms with Gasteiger partial charge < -0.3 is 4.74 Å². The first kappa shape index (κ1) is 15.9. The number of carbonyl (C=O) groups excluding carboxylic acids is 1. The maximum atomic E-state index is 12.1. The van der Waals surface area contributed by atoms with Crippen molar-refractivity contribution in [2.75, 3.05) is 7.11 Å². The van der Waals surface area contributed by atoms with Gasteiger partial charge in [0.1, 0.15) is 10.6 Å². The van der Waals surface area contributed by atoms with Gasteiger partial charge in [-0.3, -0.25) is 9.78 Å². The SMILES string of the molecule is COc1ccc(C(=O)/C=C/c2cccnc2)cc1S(N)(=O)=O. The van der Waals surface area contributed by atoms with Crippen LogP contribution in [0.2, 0.25) is 0 Å². The lowest BCUT2D eigenvalue weighted by molar-refractivity contribution is 0.104. The Labute approximate surface area is 128 Å². The molecule has 22 heavy (non-hydrogen) atoms. The third-order valence-corrected chi connectivity index (χ3v) is 3.80. The molecule has 2 aromatic rings. The molecule has 2 rings (SSSR count). The number of pyridine rings is 1. The molecular weight excluding hydrogens is 304 g/mol. The summed E-state index contributed by atoms with van der Waals surface area (Å²) in [5.74, 6) is -0.258. The second-order valence-electron chi connectivity index (χ2n) is 4.39. The number of nitrogens with two attached hydrogens (primary N) is 1. The number of allylic oxidation sites excluding steroid dienone is 1. The molecule has 6 nitrogen and oxygen atoms in total. The quantitative estimate of drug-likeness (QED) is 0.667. The molecule has 0 bridgehead atoms. The van der Waals surface area contributed by atoms with Gasteiger partial charge in [-0.25, -0.2) is 13.6 Å². The van der Waals surface area contributed by atoms with Gasteiger partial charge in [-0.05, 0) is 42.0 Å². The molecule has 1 aromatic heterocycles. The van der Waals surface area contributed by atoms with Crippen molar-refractivity contribution in [1.82, 2.24) is 4.98 Å². The summed E-state index contributed by atoms with van der Waals surface area (Å²) in [7, 11) is -2.65. The molecule has 1 heterocycles. The Morgan fingerprint density at radius 2 is 2.09 bits per heavy atom. The standard InChI is InChI=1S/C15H14N2O4S/c1-21-14-7-5-12(9-15(14)22(16,19)20)13(18)6-4-11-3-2-8-17-10-11/h2-10H,1H3,(H2,16,19,20)/b6-4+. The zero-order valence-electron chi connectivity index (χ0n) is 11.8. The molecule has 0 radical (unpaired) electrons. The van der Waals surface area contributed by atoms with Gasteiger partial charge in [-0.1, -0.05) is 6.07 Å². The van der Waals surface area contributed by atoms with Gasteiger partial charge in [-0.2, -0.15) is 0 Å². The molecule has 0 fully saturated rings.